The van der Waals surface area contributed by atoms with Gasteiger partial charge in [-0.05, 0) is 25.0 Å². The van der Waals surface area contributed by atoms with Gasteiger partial charge in [-0.3, -0.25) is 0 Å². The molecule has 1 aromatic carbocycles. The van der Waals surface area contributed by atoms with E-state index in [1.54, 1.807) is 7.11 Å². The second-order valence-electron chi connectivity index (χ2n) is 5.39. The Morgan fingerprint density at radius 3 is 2.74 bits per heavy atom. The molecule has 1 saturated carbocycles. The van der Waals surface area contributed by atoms with E-state index in [9.17, 15) is 5.11 Å². The summed E-state index contributed by atoms with van der Waals surface area (Å²) < 4.78 is 5.33. The number of methoxy groups -OCH3 is 1. The molecule has 0 spiro atoms. The van der Waals surface area contributed by atoms with Crippen molar-refractivity contribution in [2.24, 2.45) is 5.41 Å². The van der Waals surface area contributed by atoms with Gasteiger partial charge in [0.1, 0.15) is 5.75 Å². The van der Waals surface area contributed by atoms with E-state index in [4.69, 9.17) is 16.3 Å². The molecule has 0 radical (unpaired) electrons. The van der Waals surface area contributed by atoms with Gasteiger partial charge in [-0.15, -0.1) is 0 Å². The van der Waals surface area contributed by atoms with Crippen molar-refractivity contribution in [1.82, 2.24) is 5.32 Å². The number of aliphatic hydroxyl groups is 1. The highest BCUT2D eigenvalue weighted by atomic mass is 35.5. The summed E-state index contributed by atoms with van der Waals surface area (Å²) in [5, 5.41) is 13.7. The zero-order valence-electron chi connectivity index (χ0n) is 11.4. The molecule has 2 rings (SSSR count). The molecule has 0 bridgehead atoms. The van der Waals surface area contributed by atoms with Crippen LogP contribution in [-0.4, -0.2) is 25.4 Å². The Balaban J connectivity index is 1.95. The largest absolute Gasteiger partial charge is 0.496 e. The topological polar surface area (TPSA) is 41.5 Å². The molecule has 106 valence electrons. The summed E-state index contributed by atoms with van der Waals surface area (Å²) in [5.74, 6) is 0.810. The van der Waals surface area contributed by atoms with Crippen molar-refractivity contribution in [2.75, 3.05) is 20.3 Å². The Hall–Kier alpha value is -0.770. The number of benzene rings is 1. The molecule has 1 aromatic rings. The molecule has 1 aliphatic rings. The highest BCUT2D eigenvalue weighted by molar-refractivity contribution is 6.31. The van der Waals surface area contributed by atoms with E-state index in [1.165, 1.54) is 12.8 Å². The van der Waals surface area contributed by atoms with Gasteiger partial charge in [-0.1, -0.05) is 30.5 Å². The number of hydrogen-bond acceptors (Lipinski definition) is 3. The van der Waals surface area contributed by atoms with Crippen molar-refractivity contribution in [3.05, 3.63) is 28.8 Å². The van der Waals surface area contributed by atoms with E-state index in [-0.39, 0.29) is 12.0 Å². The van der Waals surface area contributed by atoms with Gasteiger partial charge in [0.25, 0.3) is 0 Å². The lowest BCUT2D eigenvalue weighted by Crippen LogP contribution is -2.34. The first-order valence-electron chi connectivity index (χ1n) is 6.84. The number of aliphatic hydroxyl groups excluding tert-OH is 1. The van der Waals surface area contributed by atoms with Crippen LogP contribution in [0.5, 0.6) is 5.75 Å². The molecule has 1 aliphatic carbocycles. The Kier molecular flexibility index (Phi) is 5.08. The van der Waals surface area contributed by atoms with Crippen LogP contribution in [-0.2, 0) is 6.54 Å². The summed E-state index contributed by atoms with van der Waals surface area (Å²) in [4.78, 5) is 0. The molecule has 0 aromatic heterocycles. The summed E-state index contributed by atoms with van der Waals surface area (Å²) in [6.45, 7) is 1.77. The van der Waals surface area contributed by atoms with E-state index in [1.807, 2.05) is 18.2 Å². The van der Waals surface area contributed by atoms with E-state index in [0.717, 1.165) is 35.7 Å². The quantitative estimate of drug-likeness (QED) is 0.843. The van der Waals surface area contributed by atoms with Crippen LogP contribution in [0.4, 0.5) is 0 Å². The third-order valence-electron chi connectivity index (χ3n) is 4.10. The SMILES string of the molecule is COc1cccc(Cl)c1CNCC1(CO)CCCC1. The smallest absolute Gasteiger partial charge is 0.124 e. The third kappa shape index (κ3) is 3.41. The molecule has 19 heavy (non-hydrogen) atoms. The molecular formula is C15H22ClNO2. The van der Waals surface area contributed by atoms with Crippen LogP contribution in [0.15, 0.2) is 18.2 Å². The maximum absolute atomic E-state index is 9.58. The minimum atomic E-state index is 0.0640. The second kappa shape index (κ2) is 6.60. The van der Waals surface area contributed by atoms with Crippen molar-refractivity contribution in [1.29, 1.82) is 0 Å². The first-order chi connectivity index (χ1) is 9.21. The number of hydrogen-bond donors (Lipinski definition) is 2. The van der Waals surface area contributed by atoms with Crippen LogP contribution in [0.2, 0.25) is 5.02 Å². The molecule has 0 amide bonds. The molecule has 1 fully saturated rings. The first-order valence-corrected chi connectivity index (χ1v) is 7.21. The Morgan fingerprint density at radius 2 is 2.11 bits per heavy atom. The van der Waals surface area contributed by atoms with Gasteiger partial charge in [0.2, 0.25) is 0 Å². The van der Waals surface area contributed by atoms with Crippen molar-refractivity contribution >= 4 is 11.6 Å². The van der Waals surface area contributed by atoms with E-state index in [0.29, 0.717) is 6.54 Å². The Morgan fingerprint density at radius 1 is 1.37 bits per heavy atom. The molecule has 4 heteroatoms. The van der Waals surface area contributed by atoms with Gasteiger partial charge in [0.05, 0.1) is 7.11 Å². The average Bonchev–Trinajstić information content (AvgIpc) is 2.90. The fourth-order valence-electron chi connectivity index (χ4n) is 2.87. The normalized spacial score (nSPS) is 17.6. The van der Waals surface area contributed by atoms with Gasteiger partial charge in [-0.25, -0.2) is 0 Å². The zero-order chi connectivity index (χ0) is 13.7. The van der Waals surface area contributed by atoms with Crippen LogP contribution in [0.25, 0.3) is 0 Å². The van der Waals surface area contributed by atoms with Gasteiger partial charge in [-0.2, -0.15) is 0 Å². The maximum Gasteiger partial charge on any atom is 0.124 e. The van der Waals surface area contributed by atoms with Crippen LogP contribution in [0, 0.1) is 5.41 Å². The molecule has 0 heterocycles. The molecule has 2 N–H and O–H groups in total. The number of halogens is 1. The molecular weight excluding hydrogens is 262 g/mol. The van der Waals surface area contributed by atoms with Gasteiger partial charge < -0.3 is 15.2 Å². The first kappa shape index (κ1) is 14.6. The van der Waals surface area contributed by atoms with Crippen LogP contribution in [0.1, 0.15) is 31.2 Å². The predicted octanol–water partition coefficient (Wildman–Crippen LogP) is 2.99. The maximum atomic E-state index is 9.58. The average molecular weight is 284 g/mol. The van der Waals surface area contributed by atoms with Crippen molar-refractivity contribution in [3.8, 4) is 5.75 Å². The summed E-state index contributed by atoms with van der Waals surface area (Å²) in [7, 11) is 1.65. The highest BCUT2D eigenvalue weighted by Crippen LogP contribution is 2.37. The fraction of sp³-hybridized carbons (Fsp3) is 0.600. The minimum absolute atomic E-state index is 0.0640. The molecule has 3 nitrogen and oxygen atoms in total. The number of rotatable bonds is 6. The van der Waals surface area contributed by atoms with E-state index >= 15 is 0 Å². The molecule has 0 unspecified atom stereocenters. The van der Waals surface area contributed by atoms with Crippen molar-refractivity contribution in [2.45, 2.75) is 32.2 Å². The summed E-state index contributed by atoms with van der Waals surface area (Å²) >= 11 is 6.20. The van der Waals surface area contributed by atoms with Gasteiger partial charge in [0.15, 0.2) is 0 Å². The van der Waals surface area contributed by atoms with Crippen molar-refractivity contribution < 1.29 is 9.84 Å². The zero-order valence-corrected chi connectivity index (χ0v) is 12.2. The Labute approximate surface area is 119 Å². The lowest BCUT2D eigenvalue weighted by molar-refractivity contribution is 0.128. The monoisotopic (exact) mass is 283 g/mol. The van der Waals surface area contributed by atoms with E-state index in [2.05, 4.69) is 5.32 Å². The summed E-state index contributed by atoms with van der Waals surface area (Å²) in [6.07, 6.45) is 4.65. The Bertz CT molecular complexity index is 417. The lowest BCUT2D eigenvalue weighted by Gasteiger charge is -2.27. The fourth-order valence-corrected chi connectivity index (χ4v) is 3.10. The lowest BCUT2D eigenvalue weighted by atomic mass is 9.87. The van der Waals surface area contributed by atoms with Gasteiger partial charge >= 0.3 is 0 Å². The van der Waals surface area contributed by atoms with Crippen LogP contribution >= 0.6 is 11.6 Å². The number of ether oxygens (including phenoxy) is 1. The standard InChI is InChI=1S/C15H22ClNO2/c1-19-14-6-4-5-13(16)12(14)9-17-10-15(11-18)7-2-3-8-15/h4-6,17-18H,2-3,7-11H2,1H3. The van der Waals surface area contributed by atoms with E-state index < -0.39 is 0 Å². The van der Waals surface area contributed by atoms with Crippen LogP contribution < -0.4 is 10.1 Å². The van der Waals surface area contributed by atoms with Crippen LogP contribution in [0.3, 0.4) is 0 Å². The highest BCUT2D eigenvalue weighted by Gasteiger charge is 2.32. The predicted molar refractivity (Wildman–Crippen MR) is 77.7 cm³/mol. The molecule has 0 saturated heterocycles. The minimum Gasteiger partial charge on any atom is -0.496 e. The number of nitrogens with one attached hydrogen (secondary N) is 1. The summed E-state index contributed by atoms with van der Waals surface area (Å²) in [6, 6.07) is 5.68. The molecule has 0 aliphatic heterocycles. The third-order valence-corrected chi connectivity index (χ3v) is 4.45. The molecule has 0 atom stereocenters. The second-order valence-corrected chi connectivity index (χ2v) is 5.80. The van der Waals surface area contributed by atoms with Crippen molar-refractivity contribution in [3.63, 3.8) is 0 Å². The summed E-state index contributed by atoms with van der Waals surface area (Å²) in [5.41, 5.74) is 1.05. The van der Waals surface area contributed by atoms with Gasteiger partial charge in [0, 0.05) is 35.7 Å².